The minimum absolute atomic E-state index is 0.0285. The summed E-state index contributed by atoms with van der Waals surface area (Å²) in [4.78, 5) is 45.1. The number of nitrogens with one attached hydrogen (secondary N) is 1. The topological polar surface area (TPSA) is 73.0 Å². The molecule has 2 saturated heterocycles. The molecule has 2 heterocycles. The minimum atomic E-state index is -0.788. The standard InChI is InChI=1S/C28H35ClN4O3/c1-3-21(2)18-30-24(34)19-32-20-33(23-12-8-5-9-13-23)28(27(32)36)14-16-31(17-15-28)26(35)25(29)22-10-6-4-7-11-22/h4-13,21,25H,3,14-20H2,1-2H3,(H,30,34). The number of para-hydroxylation sites is 1. The van der Waals surface area contributed by atoms with Crippen LogP contribution in [0.1, 0.15) is 44.1 Å². The molecule has 1 N–H and O–H groups in total. The highest BCUT2D eigenvalue weighted by Gasteiger charge is 2.54. The van der Waals surface area contributed by atoms with E-state index < -0.39 is 10.9 Å². The van der Waals surface area contributed by atoms with E-state index in [1.165, 1.54) is 0 Å². The highest BCUT2D eigenvalue weighted by atomic mass is 35.5. The molecule has 192 valence electrons. The zero-order chi connectivity index (χ0) is 25.7. The van der Waals surface area contributed by atoms with Crippen LogP contribution in [0.15, 0.2) is 60.7 Å². The van der Waals surface area contributed by atoms with Crippen molar-refractivity contribution in [2.75, 3.05) is 37.7 Å². The molecule has 2 aliphatic rings. The molecule has 3 amide bonds. The van der Waals surface area contributed by atoms with Gasteiger partial charge in [-0.1, -0.05) is 68.8 Å². The van der Waals surface area contributed by atoms with Crippen molar-refractivity contribution >= 4 is 35.0 Å². The maximum absolute atomic E-state index is 13.8. The Morgan fingerprint density at radius 2 is 1.64 bits per heavy atom. The number of nitrogens with zero attached hydrogens (tertiary/aromatic N) is 3. The van der Waals surface area contributed by atoms with E-state index in [-0.39, 0.29) is 24.3 Å². The van der Waals surface area contributed by atoms with Crippen molar-refractivity contribution in [2.45, 2.75) is 44.0 Å². The van der Waals surface area contributed by atoms with Gasteiger partial charge in [0, 0.05) is 25.3 Å². The van der Waals surface area contributed by atoms with Crippen molar-refractivity contribution in [1.82, 2.24) is 15.1 Å². The van der Waals surface area contributed by atoms with Crippen LogP contribution in [-0.4, -0.2) is 65.9 Å². The molecule has 36 heavy (non-hydrogen) atoms. The van der Waals surface area contributed by atoms with Gasteiger partial charge < -0.3 is 20.0 Å². The molecular weight excluding hydrogens is 476 g/mol. The van der Waals surface area contributed by atoms with E-state index in [0.29, 0.717) is 45.1 Å². The van der Waals surface area contributed by atoms with E-state index in [4.69, 9.17) is 11.6 Å². The third kappa shape index (κ3) is 5.36. The van der Waals surface area contributed by atoms with Gasteiger partial charge in [0.2, 0.25) is 11.8 Å². The normalized spacial score (nSPS) is 18.9. The average Bonchev–Trinajstić information content (AvgIpc) is 3.18. The van der Waals surface area contributed by atoms with Crippen molar-refractivity contribution in [2.24, 2.45) is 5.92 Å². The Kier molecular flexibility index (Phi) is 8.19. The number of benzene rings is 2. The number of amides is 3. The fourth-order valence-electron chi connectivity index (χ4n) is 5.01. The van der Waals surface area contributed by atoms with Crippen LogP contribution in [0.5, 0.6) is 0 Å². The lowest BCUT2D eigenvalue weighted by Crippen LogP contribution is -2.57. The third-order valence-electron chi connectivity index (χ3n) is 7.47. The number of carbonyl (C=O) groups excluding carboxylic acids is 3. The second-order valence-electron chi connectivity index (χ2n) is 9.86. The monoisotopic (exact) mass is 510 g/mol. The average molecular weight is 511 g/mol. The fourth-order valence-corrected chi connectivity index (χ4v) is 5.29. The number of rotatable bonds is 8. The van der Waals surface area contributed by atoms with Gasteiger partial charge in [0.1, 0.15) is 17.5 Å². The molecular formula is C28H35ClN4O3. The van der Waals surface area contributed by atoms with Gasteiger partial charge in [-0.2, -0.15) is 0 Å². The molecule has 0 aliphatic carbocycles. The van der Waals surface area contributed by atoms with Gasteiger partial charge in [0.15, 0.2) is 0 Å². The lowest BCUT2D eigenvalue weighted by atomic mass is 9.85. The van der Waals surface area contributed by atoms with Crippen LogP contribution < -0.4 is 10.2 Å². The first kappa shape index (κ1) is 26.0. The van der Waals surface area contributed by atoms with Gasteiger partial charge >= 0.3 is 0 Å². The number of hydrogen-bond donors (Lipinski definition) is 1. The molecule has 8 heteroatoms. The lowest BCUT2D eigenvalue weighted by molar-refractivity contribution is -0.139. The Morgan fingerprint density at radius 3 is 2.25 bits per heavy atom. The highest BCUT2D eigenvalue weighted by Crippen LogP contribution is 2.40. The van der Waals surface area contributed by atoms with Crippen LogP contribution in [0.2, 0.25) is 0 Å². The summed E-state index contributed by atoms with van der Waals surface area (Å²) < 4.78 is 0. The Bertz CT molecular complexity index is 1060. The predicted octanol–water partition coefficient (Wildman–Crippen LogP) is 3.80. The molecule has 2 aliphatic heterocycles. The quantitative estimate of drug-likeness (QED) is 0.548. The molecule has 4 rings (SSSR count). The van der Waals surface area contributed by atoms with Crippen molar-refractivity contribution in [3.05, 3.63) is 66.2 Å². The lowest BCUT2D eigenvalue weighted by Gasteiger charge is -2.43. The number of likely N-dealkylation sites (tertiary alicyclic amines) is 1. The summed E-state index contributed by atoms with van der Waals surface area (Å²) in [5.41, 5.74) is 0.915. The van der Waals surface area contributed by atoms with Crippen molar-refractivity contribution < 1.29 is 14.4 Å². The van der Waals surface area contributed by atoms with Crippen LogP contribution in [-0.2, 0) is 14.4 Å². The second-order valence-corrected chi connectivity index (χ2v) is 10.3. The van der Waals surface area contributed by atoms with Gasteiger partial charge in [-0.15, -0.1) is 11.6 Å². The van der Waals surface area contributed by atoms with Gasteiger partial charge in [-0.25, -0.2) is 0 Å². The maximum atomic E-state index is 13.8. The molecule has 2 aromatic rings. The maximum Gasteiger partial charge on any atom is 0.250 e. The SMILES string of the molecule is CCC(C)CNC(=O)CN1CN(c2ccccc2)C2(CCN(C(=O)C(Cl)c3ccccc3)CC2)C1=O. The molecule has 0 aromatic heterocycles. The van der Waals surface area contributed by atoms with Crippen molar-refractivity contribution in [1.29, 1.82) is 0 Å². The molecule has 0 radical (unpaired) electrons. The third-order valence-corrected chi connectivity index (χ3v) is 7.91. The number of hydrogen-bond acceptors (Lipinski definition) is 4. The van der Waals surface area contributed by atoms with E-state index in [2.05, 4.69) is 24.1 Å². The number of carbonyl (C=O) groups is 3. The van der Waals surface area contributed by atoms with Crippen molar-refractivity contribution in [3.63, 3.8) is 0 Å². The highest BCUT2D eigenvalue weighted by molar-refractivity contribution is 6.30. The largest absolute Gasteiger partial charge is 0.354 e. The number of piperidine rings is 1. The minimum Gasteiger partial charge on any atom is -0.354 e. The summed E-state index contributed by atoms with van der Waals surface area (Å²) >= 11 is 6.52. The molecule has 2 atom stereocenters. The van der Waals surface area contributed by atoms with E-state index in [0.717, 1.165) is 17.7 Å². The van der Waals surface area contributed by atoms with Gasteiger partial charge in [-0.05, 0) is 36.5 Å². The summed E-state index contributed by atoms with van der Waals surface area (Å²) in [5, 5.41) is 2.20. The fraction of sp³-hybridized carbons (Fsp3) is 0.464. The Morgan fingerprint density at radius 1 is 1.03 bits per heavy atom. The van der Waals surface area contributed by atoms with E-state index in [1.54, 1.807) is 9.80 Å². The first-order valence-electron chi connectivity index (χ1n) is 12.7. The van der Waals surface area contributed by atoms with Crippen LogP contribution in [0, 0.1) is 5.92 Å². The van der Waals surface area contributed by atoms with Gasteiger partial charge in [0.05, 0.1) is 6.67 Å². The number of alkyl halides is 1. The molecule has 1 spiro atoms. The number of anilines is 1. The molecule has 2 unspecified atom stereocenters. The zero-order valence-corrected chi connectivity index (χ0v) is 21.8. The zero-order valence-electron chi connectivity index (χ0n) is 21.0. The molecule has 0 bridgehead atoms. The number of halogens is 1. The van der Waals surface area contributed by atoms with Crippen LogP contribution in [0.25, 0.3) is 0 Å². The Balaban J connectivity index is 1.49. The smallest absolute Gasteiger partial charge is 0.250 e. The summed E-state index contributed by atoms with van der Waals surface area (Å²) in [6.45, 7) is 6.01. The van der Waals surface area contributed by atoms with Crippen LogP contribution in [0.3, 0.4) is 0 Å². The second kappa shape index (κ2) is 11.3. The summed E-state index contributed by atoms with van der Waals surface area (Å²) in [6, 6.07) is 19.1. The van der Waals surface area contributed by atoms with Gasteiger partial charge in [0.25, 0.3) is 5.91 Å². The Hall–Kier alpha value is -3.06. The molecule has 2 fully saturated rings. The molecule has 0 saturated carbocycles. The first-order valence-corrected chi connectivity index (χ1v) is 13.2. The molecule has 7 nitrogen and oxygen atoms in total. The van der Waals surface area contributed by atoms with E-state index >= 15 is 0 Å². The van der Waals surface area contributed by atoms with Crippen LogP contribution >= 0.6 is 11.6 Å². The van der Waals surface area contributed by atoms with E-state index in [1.807, 2.05) is 60.7 Å². The van der Waals surface area contributed by atoms with E-state index in [9.17, 15) is 14.4 Å². The molecule has 2 aromatic carbocycles. The first-order chi connectivity index (χ1) is 17.4. The summed E-state index contributed by atoms with van der Waals surface area (Å²) in [6.07, 6.45) is 1.95. The summed E-state index contributed by atoms with van der Waals surface area (Å²) in [7, 11) is 0. The van der Waals surface area contributed by atoms with Crippen molar-refractivity contribution in [3.8, 4) is 0 Å². The Labute approximate surface area is 218 Å². The summed E-state index contributed by atoms with van der Waals surface area (Å²) in [5.74, 6) is 0.0476. The van der Waals surface area contributed by atoms with Gasteiger partial charge in [-0.3, -0.25) is 14.4 Å². The predicted molar refractivity (Wildman–Crippen MR) is 142 cm³/mol. The van der Waals surface area contributed by atoms with Crippen LogP contribution in [0.4, 0.5) is 5.69 Å².